The van der Waals surface area contributed by atoms with Gasteiger partial charge in [-0.1, -0.05) is 90.6 Å². The fraction of sp³-hybridized carbons (Fsp3) is 0.900. The predicted octanol–water partition coefficient (Wildman–Crippen LogP) is 6.40. The van der Waals surface area contributed by atoms with Crippen LogP contribution in [0, 0.1) is 0 Å². The Morgan fingerprint density at radius 3 is 1.31 bits per heavy atom. The maximum Gasteiger partial charge on any atom is 0.304 e. The van der Waals surface area contributed by atoms with E-state index in [9.17, 15) is 14.7 Å². The van der Waals surface area contributed by atoms with Gasteiger partial charge in [0.15, 0.2) is 0 Å². The number of hydrogen-bond acceptors (Lipinski definition) is 2. The van der Waals surface area contributed by atoms with Crippen molar-refractivity contribution in [3.63, 3.8) is 0 Å². The van der Waals surface area contributed by atoms with Crippen molar-refractivity contribution >= 4 is 28.1 Å². The highest BCUT2D eigenvalue weighted by molar-refractivity contribution is 7.02. The lowest BCUT2D eigenvalue weighted by atomic mass is 10.0. The third-order valence-electron chi connectivity index (χ3n) is 5.87. The van der Waals surface area contributed by atoms with E-state index in [1.807, 2.05) is 0 Å². The maximum atomic E-state index is 12.3. The van der Waals surface area contributed by atoms with E-state index < -0.39 is 32.7 Å². The van der Waals surface area contributed by atoms with E-state index in [2.05, 4.69) is 39.3 Å². The van der Waals surface area contributed by atoms with Gasteiger partial charge in [-0.2, -0.15) is 0 Å². The molecule has 0 aliphatic carbocycles. The minimum absolute atomic E-state index is 0.291. The number of rotatable bonds is 15. The van der Waals surface area contributed by atoms with Gasteiger partial charge in [0, 0.05) is 6.42 Å². The first kappa shape index (κ1) is 25.4. The van der Waals surface area contributed by atoms with Crippen molar-refractivity contribution in [1.82, 2.24) is 0 Å². The first-order valence-corrected chi connectivity index (χ1v) is 17.3. The van der Waals surface area contributed by atoms with Crippen LogP contribution in [0.25, 0.3) is 0 Å². The van der Waals surface area contributed by atoms with Crippen LogP contribution in [-0.2, 0) is 9.59 Å². The van der Waals surface area contributed by atoms with Crippen LogP contribution in [0.5, 0.6) is 0 Å². The molecule has 4 nitrogen and oxygen atoms in total. The van der Waals surface area contributed by atoms with Gasteiger partial charge in [-0.15, -0.1) is 0 Å². The highest BCUT2D eigenvalue weighted by Gasteiger charge is 2.57. The molecule has 0 aromatic rings. The zero-order valence-corrected chi connectivity index (χ0v) is 20.0. The van der Waals surface area contributed by atoms with E-state index in [4.69, 9.17) is 5.11 Å². The topological polar surface area (TPSA) is 74.6 Å². The molecular formula is C20H42O4Si2. The smallest absolute Gasteiger partial charge is 0.304 e. The van der Waals surface area contributed by atoms with E-state index in [0.29, 0.717) is 6.42 Å². The van der Waals surface area contributed by atoms with Gasteiger partial charge in [0.05, 0.1) is 20.8 Å². The maximum absolute atomic E-state index is 12.3. The molecule has 0 fully saturated rings. The van der Waals surface area contributed by atoms with Crippen LogP contribution in [0.4, 0.5) is 0 Å². The van der Waals surface area contributed by atoms with Gasteiger partial charge in [-0.3, -0.25) is 9.59 Å². The average molecular weight is 403 g/mol. The molecular weight excluding hydrogens is 360 g/mol. The lowest BCUT2D eigenvalue weighted by Crippen LogP contribution is -2.58. The molecule has 0 amide bonds. The van der Waals surface area contributed by atoms with E-state index in [1.54, 1.807) is 0 Å². The van der Waals surface area contributed by atoms with Crippen LogP contribution >= 0.6 is 0 Å². The predicted molar refractivity (Wildman–Crippen MR) is 115 cm³/mol. The van der Waals surface area contributed by atoms with Gasteiger partial charge in [0.1, 0.15) is 0 Å². The Balaban J connectivity index is 4.16. The Labute approximate surface area is 162 Å². The van der Waals surface area contributed by atoms with Gasteiger partial charge < -0.3 is 10.2 Å². The fourth-order valence-corrected chi connectivity index (χ4v) is 16.7. The number of aliphatic carboxylic acids is 2. The summed E-state index contributed by atoms with van der Waals surface area (Å²) in [5, 5.41) is 18.7. The monoisotopic (exact) mass is 402 g/mol. The molecule has 0 aliphatic rings. The summed E-state index contributed by atoms with van der Waals surface area (Å²) in [5.41, 5.74) is 0. The minimum Gasteiger partial charge on any atom is -0.481 e. The van der Waals surface area contributed by atoms with Crippen molar-refractivity contribution in [3.05, 3.63) is 0 Å². The first-order chi connectivity index (χ1) is 11.9. The zero-order chi connectivity index (χ0) is 20.4. The number of unbranched alkanes of at least 4 members (excludes halogenated alkanes) is 8. The van der Waals surface area contributed by atoms with E-state index >= 15 is 0 Å². The van der Waals surface area contributed by atoms with Crippen LogP contribution in [0.3, 0.4) is 0 Å². The second kappa shape index (κ2) is 11.3. The van der Waals surface area contributed by atoms with Crippen molar-refractivity contribution in [1.29, 1.82) is 0 Å². The van der Waals surface area contributed by atoms with E-state index in [0.717, 1.165) is 38.5 Å². The minimum atomic E-state index is -1.82. The van der Waals surface area contributed by atoms with Crippen molar-refractivity contribution < 1.29 is 19.8 Å². The molecule has 0 rings (SSSR count). The number of hydrogen-bond donors (Lipinski definition) is 2. The normalized spacial score (nSPS) is 13.0. The number of carboxylic acids is 2. The molecule has 0 heterocycles. The van der Waals surface area contributed by atoms with Crippen LogP contribution < -0.4 is 0 Å². The van der Waals surface area contributed by atoms with Gasteiger partial charge in [0.25, 0.3) is 0 Å². The second-order valence-corrected chi connectivity index (χ2v) is 21.0. The Morgan fingerprint density at radius 2 is 1.00 bits per heavy atom. The van der Waals surface area contributed by atoms with Crippen molar-refractivity contribution in [2.75, 3.05) is 0 Å². The largest absolute Gasteiger partial charge is 0.481 e. The summed E-state index contributed by atoms with van der Waals surface area (Å²) in [6.45, 7) is 13.4. The third-order valence-corrected chi connectivity index (χ3v) is 16.4. The van der Waals surface area contributed by atoms with Crippen molar-refractivity contribution in [3.8, 4) is 0 Å². The SMILES string of the molecule is C[Si](C)(C)C(CCCCCCCCCCCC(=O)O)(C(=O)O)[Si](C)(C)C. The molecule has 0 aliphatic heterocycles. The van der Waals surface area contributed by atoms with E-state index in [-0.39, 0.29) is 0 Å². The van der Waals surface area contributed by atoms with Gasteiger partial charge in [-0.25, -0.2) is 0 Å². The molecule has 0 bridgehead atoms. The second-order valence-electron chi connectivity index (χ2n) is 9.79. The number of carboxylic acid groups (broad SMARTS) is 2. The molecule has 0 radical (unpaired) electrons. The summed E-state index contributed by atoms with van der Waals surface area (Å²) in [6, 6.07) is 0. The molecule has 26 heavy (non-hydrogen) atoms. The van der Waals surface area contributed by atoms with Gasteiger partial charge >= 0.3 is 11.9 Å². The standard InChI is InChI=1S/C20H42O4Si2/c1-25(2,3)20(19(23)24,26(4,5)6)17-15-13-11-9-7-8-10-12-14-16-18(21)22/h7-17H2,1-6H3,(H,21,22)(H,23,24). The van der Waals surface area contributed by atoms with Crippen LogP contribution in [-0.4, -0.2) is 38.3 Å². The lowest BCUT2D eigenvalue weighted by molar-refractivity contribution is -0.139. The van der Waals surface area contributed by atoms with Crippen molar-refractivity contribution in [2.24, 2.45) is 0 Å². The lowest BCUT2D eigenvalue weighted by Gasteiger charge is -2.48. The highest BCUT2D eigenvalue weighted by atomic mass is 28.4. The van der Waals surface area contributed by atoms with Crippen LogP contribution in [0.2, 0.25) is 43.9 Å². The molecule has 2 N–H and O–H groups in total. The summed E-state index contributed by atoms with van der Waals surface area (Å²) < 4.78 is -0.440. The summed E-state index contributed by atoms with van der Waals surface area (Å²) in [5.74, 6) is -1.24. The summed E-state index contributed by atoms with van der Waals surface area (Å²) in [7, 11) is -3.63. The molecule has 0 saturated carbocycles. The van der Waals surface area contributed by atoms with Gasteiger partial charge in [0.2, 0.25) is 0 Å². The summed E-state index contributed by atoms with van der Waals surface area (Å²) in [4.78, 5) is 22.7. The summed E-state index contributed by atoms with van der Waals surface area (Å²) in [6.07, 6.45) is 11.0. The molecule has 0 aromatic heterocycles. The Morgan fingerprint density at radius 1 is 0.654 bits per heavy atom. The van der Waals surface area contributed by atoms with E-state index in [1.165, 1.54) is 25.7 Å². The van der Waals surface area contributed by atoms with Crippen LogP contribution in [0.15, 0.2) is 0 Å². The zero-order valence-electron chi connectivity index (χ0n) is 18.0. The summed E-state index contributed by atoms with van der Waals surface area (Å²) >= 11 is 0. The third kappa shape index (κ3) is 7.95. The molecule has 0 spiro atoms. The quantitative estimate of drug-likeness (QED) is 0.245. The Kier molecular flexibility index (Phi) is 11.0. The molecule has 6 heteroatoms. The highest BCUT2D eigenvalue weighted by Crippen LogP contribution is 2.51. The van der Waals surface area contributed by atoms with Crippen molar-refractivity contribution in [2.45, 2.75) is 115 Å². The fourth-order valence-electron chi connectivity index (χ4n) is 4.53. The average Bonchev–Trinajstić information content (AvgIpc) is 2.44. The molecule has 0 unspecified atom stereocenters. The Hall–Kier alpha value is -0.626. The molecule has 0 aromatic carbocycles. The molecule has 0 saturated heterocycles. The molecule has 0 atom stereocenters. The first-order valence-electron chi connectivity index (χ1n) is 10.3. The van der Waals surface area contributed by atoms with Crippen LogP contribution in [0.1, 0.15) is 70.6 Å². The number of carbonyl (C=O) groups is 2. The Bertz CT molecular complexity index is 422. The molecule has 154 valence electrons. The van der Waals surface area contributed by atoms with Gasteiger partial charge in [-0.05, 0) is 12.8 Å².